The van der Waals surface area contributed by atoms with Crippen LogP contribution in [0, 0.1) is 0 Å². The summed E-state index contributed by atoms with van der Waals surface area (Å²) in [4.78, 5) is 4.30. The minimum absolute atomic E-state index is 0.698. The summed E-state index contributed by atoms with van der Waals surface area (Å²) < 4.78 is 5.33. The Hall–Kier alpha value is -0.890. The van der Waals surface area contributed by atoms with Crippen LogP contribution in [0.2, 0.25) is 0 Å². The second-order valence-corrected chi connectivity index (χ2v) is 3.05. The number of nitrogens with zero attached hydrogens (tertiary/aromatic N) is 1. The molecule has 2 heterocycles. The van der Waals surface area contributed by atoms with E-state index in [0.29, 0.717) is 6.61 Å². The molecule has 2 rings (SSSR count). The Bertz CT molecular complexity index is 269. The molecule has 0 aromatic carbocycles. The molecule has 0 saturated carbocycles. The van der Waals surface area contributed by atoms with E-state index < -0.39 is 0 Å². The van der Waals surface area contributed by atoms with Gasteiger partial charge in [-0.15, -0.1) is 0 Å². The van der Waals surface area contributed by atoms with Crippen molar-refractivity contribution in [3.8, 4) is 0 Å². The van der Waals surface area contributed by atoms with Gasteiger partial charge in [-0.2, -0.15) is 0 Å². The summed E-state index contributed by atoms with van der Waals surface area (Å²) in [6.07, 6.45) is 4.02. The molecule has 0 atom stereocenters. The SMILES string of the molecule is CC.CCc1ccnc2c1CCOC2. The zero-order chi connectivity index (χ0) is 10.4. The highest BCUT2D eigenvalue weighted by atomic mass is 16.5. The first-order valence-electron chi connectivity index (χ1n) is 5.45. The molecule has 2 nitrogen and oxygen atoms in total. The van der Waals surface area contributed by atoms with Crippen LogP contribution in [0.1, 0.15) is 37.6 Å². The fraction of sp³-hybridized carbons (Fsp3) is 0.583. The minimum atomic E-state index is 0.698. The van der Waals surface area contributed by atoms with Gasteiger partial charge in [0.25, 0.3) is 0 Å². The monoisotopic (exact) mass is 193 g/mol. The van der Waals surface area contributed by atoms with Crippen molar-refractivity contribution >= 4 is 0 Å². The van der Waals surface area contributed by atoms with E-state index in [0.717, 1.165) is 25.1 Å². The fourth-order valence-corrected chi connectivity index (χ4v) is 1.68. The molecule has 0 fully saturated rings. The molecule has 0 amide bonds. The Kier molecular flexibility index (Phi) is 4.60. The van der Waals surface area contributed by atoms with E-state index in [-0.39, 0.29) is 0 Å². The van der Waals surface area contributed by atoms with Gasteiger partial charge in [-0.05, 0) is 30.0 Å². The fourth-order valence-electron chi connectivity index (χ4n) is 1.68. The van der Waals surface area contributed by atoms with E-state index in [1.165, 1.54) is 11.1 Å². The summed E-state index contributed by atoms with van der Waals surface area (Å²) in [5.41, 5.74) is 4.00. The number of ether oxygens (including phenoxy) is 1. The van der Waals surface area contributed by atoms with Gasteiger partial charge in [-0.25, -0.2) is 0 Å². The predicted octanol–water partition coefficient (Wildman–Crippen LogP) is 2.74. The van der Waals surface area contributed by atoms with Gasteiger partial charge >= 0.3 is 0 Å². The molecule has 0 radical (unpaired) electrons. The van der Waals surface area contributed by atoms with E-state index in [2.05, 4.69) is 18.0 Å². The Labute approximate surface area is 86.3 Å². The summed E-state index contributed by atoms with van der Waals surface area (Å²) in [6, 6.07) is 2.12. The quantitative estimate of drug-likeness (QED) is 0.684. The van der Waals surface area contributed by atoms with Gasteiger partial charge < -0.3 is 4.74 Å². The number of hydrogen-bond donors (Lipinski definition) is 0. The lowest BCUT2D eigenvalue weighted by molar-refractivity contribution is 0.107. The maximum Gasteiger partial charge on any atom is 0.0890 e. The Morgan fingerprint density at radius 2 is 2.21 bits per heavy atom. The molecule has 0 spiro atoms. The number of hydrogen-bond acceptors (Lipinski definition) is 2. The number of pyridine rings is 1. The van der Waals surface area contributed by atoms with Gasteiger partial charge in [0.1, 0.15) is 0 Å². The Balaban J connectivity index is 0.000000461. The van der Waals surface area contributed by atoms with Crippen molar-refractivity contribution in [2.45, 2.75) is 40.2 Å². The van der Waals surface area contributed by atoms with E-state index in [9.17, 15) is 0 Å². The highest BCUT2D eigenvalue weighted by molar-refractivity contribution is 5.31. The second-order valence-electron chi connectivity index (χ2n) is 3.05. The van der Waals surface area contributed by atoms with Gasteiger partial charge in [0, 0.05) is 6.20 Å². The van der Waals surface area contributed by atoms with Gasteiger partial charge in [0.2, 0.25) is 0 Å². The molecule has 0 unspecified atom stereocenters. The summed E-state index contributed by atoms with van der Waals surface area (Å²) in [5, 5.41) is 0. The van der Waals surface area contributed by atoms with Crippen LogP contribution in [-0.2, 0) is 24.2 Å². The first-order valence-corrected chi connectivity index (χ1v) is 5.45. The van der Waals surface area contributed by atoms with Gasteiger partial charge in [-0.1, -0.05) is 20.8 Å². The second kappa shape index (κ2) is 5.76. The lowest BCUT2D eigenvalue weighted by Gasteiger charge is -2.17. The van der Waals surface area contributed by atoms with Crippen LogP contribution < -0.4 is 0 Å². The van der Waals surface area contributed by atoms with Crippen molar-refractivity contribution in [1.82, 2.24) is 4.98 Å². The molecular weight excluding hydrogens is 174 g/mol. The van der Waals surface area contributed by atoms with Crippen LogP contribution in [0.3, 0.4) is 0 Å². The topological polar surface area (TPSA) is 22.1 Å². The van der Waals surface area contributed by atoms with Crippen LogP contribution in [0.25, 0.3) is 0 Å². The molecule has 0 aliphatic carbocycles. The van der Waals surface area contributed by atoms with Crippen LogP contribution >= 0.6 is 0 Å². The minimum Gasteiger partial charge on any atom is -0.375 e. The zero-order valence-electron chi connectivity index (χ0n) is 9.34. The van der Waals surface area contributed by atoms with E-state index in [4.69, 9.17) is 4.74 Å². The largest absolute Gasteiger partial charge is 0.375 e. The first-order chi connectivity index (χ1) is 6.92. The van der Waals surface area contributed by atoms with Gasteiger partial charge in [-0.3, -0.25) is 4.98 Å². The summed E-state index contributed by atoms with van der Waals surface area (Å²) in [6.45, 7) is 7.74. The smallest absolute Gasteiger partial charge is 0.0890 e. The third kappa shape index (κ3) is 2.32. The van der Waals surface area contributed by atoms with Gasteiger partial charge in [0.05, 0.1) is 18.9 Å². The van der Waals surface area contributed by atoms with E-state index in [1.807, 2.05) is 20.0 Å². The van der Waals surface area contributed by atoms with Crippen LogP contribution in [-0.4, -0.2) is 11.6 Å². The molecule has 2 heteroatoms. The highest BCUT2D eigenvalue weighted by Gasteiger charge is 2.12. The molecular formula is C12H19NO. The average Bonchev–Trinajstić information content (AvgIpc) is 2.31. The summed E-state index contributed by atoms with van der Waals surface area (Å²) in [7, 11) is 0. The maximum atomic E-state index is 5.33. The standard InChI is InChI=1S/C10H13NO.C2H6/c1-2-8-3-5-11-10-7-12-6-4-9(8)10;1-2/h3,5H,2,4,6-7H2,1H3;1-2H3. The molecule has 1 aliphatic rings. The van der Waals surface area contributed by atoms with Crippen molar-refractivity contribution in [2.75, 3.05) is 6.61 Å². The normalized spacial score (nSPS) is 13.9. The molecule has 14 heavy (non-hydrogen) atoms. The van der Waals surface area contributed by atoms with Crippen molar-refractivity contribution in [3.05, 3.63) is 29.1 Å². The summed E-state index contributed by atoms with van der Waals surface area (Å²) >= 11 is 0. The lowest BCUT2D eigenvalue weighted by Crippen LogP contribution is -2.13. The predicted molar refractivity (Wildman–Crippen MR) is 58.3 cm³/mol. The van der Waals surface area contributed by atoms with Crippen molar-refractivity contribution in [2.24, 2.45) is 0 Å². The summed E-state index contributed by atoms with van der Waals surface area (Å²) in [5.74, 6) is 0. The van der Waals surface area contributed by atoms with E-state index >= 15 is 0 Å². The number of rotatable bonds is 1. The third-order valence-corrected chi connectivity index (χ3v) is 2.36. The first kappa shape index (κ1) is 11.2. The third-order valence-electron chi connectivity index (χ3n) is 2.36. The molecule has 0 saturated heterocycles. The number of aryl methyl sites for hydroxylation is 1. The maximum absolute atomic E-state index is 5.33. The molecule has 0 bridgehead atoms. The zero-order valence-corrected chi connectivity index (χ0v) is 9.34. The lowest BCUT2D eigenvalue weighted by atomic mass is 10.0. The van der Waals surface area contributed by atoms with Crippen molar-refractivity contribution < 1.29 is 4.74 Å². The molecule has 1 aromatic heterocycles. The molecule has 78 valence electrons. The van der Waals surface area contributed by atoms with Gasteiger partial charge in [0.15, 0.2) is 0 Å². The molecule has 0 N–H and O–H groups in total. The number of aromatic nitrogens is 1. The van der Waals surface area contributed by atoms with E-state index in [1.54, 1.807) is 0 Å². The molecule has 1 aliphatic heterocycles. The van der Waals surface area contributed by atoms with Crippen LogP contribution in [0.5, 0.6) is 0 Å². The van der Waals surface area contributed by atoms with Crippen molar-refractivity contribution in [1.29, 1.82) is 0 Å². The average molecular weight is 193 g/mol. The molecule has 1 aromatic rings. The van der Waals surface area contributed by atoms with Crippen LogP contribution in [0.15, 0.2) is 12.3 Å². The number of fused-ring (bicyclic) bond motifs is 1. The highest BCUT2D eigenvalue weighted by Crippen LogP contribution is 2.18. The van der Waals surface area contributed by atoms with Crippen LogP contribution in [0.4, 0.5) is 0 Å². The van der Waals surface area contributed by atoms with Crippen molar-refractivity contribution in [3.63, 3.8) is 0 Å². The Morgan fingerprint density at radius 1 is 1.43 bits per heavy atom. The Morgan fingerprint density at radius 3 is 2.93 bits per heavy atom.